The average Bonchev–Trinajstić information content (AvgIpc) is 2.29. The summed E-state index contributed by atoms with van der Waals surface area (Å²) in [6.07, 6.45) is 5.12. The highest BCUT2D eigenvalue weighted by atomic mass is 32.2. The first-order chi connectivity index (χ1) is 8.02. The fraction of sp³-hybridized carbons (Fsp3) is 0.333. The van der Waals surface area contributed by atoms with Crippen LogP contribution < -0.4 is 0 Å². The van der Waals surface area contributed by atoms with E-state index >= 15 is 0 Å². The van der Waals surface area contributed by atoms with Crippen molar-refractivity contribution in [3.05, 3.63) is 29.8 Å². The van der Waals surface area contributed by atoms with Gasteiger partial charge in [0.1, 0.15) is 0 Å². The van der Waals surface area contributed by atoms with Crippen LogP contribution in [0.1, 0.15) is 5.56 Å². The van der Waals surface area contributed by atoms with E-state index in [1.807, 2.05) is 6.92 Å². The Morgan fingerprint density at radius 3 is 2.41 bits per heavy atom. The number of hydrogen-bond acceptors (Lipinski definition) is 3. The maximum atomic E-state index is 12.1. The predicted octanol–water partition coefficient (Wildman–Crippen LogP) is 0.611. The number of aliphatic hydroxyl groups excluding tert-OH is 1. The van der Waals surface area contributed by atoms with Crippen molar-refractivity contribution in [1.82, 2.24) is 4.31 Å². The number of hydrogen-bond donors (Lipinski definition) is 1. The molecule has 0 aliphatic carbocycles. The molecule has 0 atom stereocenters. The lowest BCUT2D eigenvalue weighted by atomic mass is 10.2. The highest BCUT2D eigenvalue weighted by Gasteiger charge is 2.22. The minimum absolute atomic E-state index is 0.000407. The van der Waals surface area contributed by atoms with Gasteiger partial charge in [-0.1, -0.05) is 23.6 Å². The van der Waals surface area contributed by atoms with Crippen molar-refractivity contribution in [3.63, 3.8) is 0 Å². The van der Waals surface area contributed by atoms with Gasteiger partial charge < -0.3 is 5.11 Å². The quantitative estimate of drug-likeness (QED) is 0.782. The van der Waals surface area contributed by atoms with Gasteiger partial charge in [0, 0.05) is 6.54 Å². The Bertz CT molecular complexity index is 500. The van der Waals surface area contributed by atoms with Crippen LogP contribution in [0.3, 0.4) is 0 Å². The molecule has 1 rings (SSSR count). The molecule has 0 saturated heterocycles. The van der Waals surface area contributed by atoms with Crippen molar-refractivity contribution in [3.8, 4) is 12.3 Å². The third-order valence-electron chi connectivity index (χ3n) is 2.28. The van der Waals surface area contributed by atoms with Crippen LogP contribution in [0.4, 0.5) is 0 Å². The summed E-state index contributed by atoms with van der Waals surface area (Å²) in [6.45, 7) is 1.58. The van der Waals surface area contributed by atoms with Crippen molar-refractivity contribution in [2.24, 2.45) is 0 Å². The van der Waals surface area contributed by atoms with Gasteiger partial charge in [-0.3, -0.25) is 0 Å². The number of nitrogens with zero attached hydrogens (tertiary/aromatic N) is 1. The molecule has 1 N–H and O–H groups in total. The Balaban J connectivity index is 3.08. The molecule has 4 nitrogen and oxygen atoms in total. The van der Waals surface area contributed by atoms with Gasteiger partial charge in [0.15, 0.2) is 0 Å². The van der Waals surface area contributed by atoms with Crippen LogP contribution in [0.25, 0.3) is 0 Å². The number of sulfonamides is 1. The molecular weight excluding hydrogens is 238 g/mol. The molecule has 0 heterocycles. The maximum Gasteiger partial charge on any atom is 0.244 e. The molecule has 0 aromatic heterocycles. The number of aryl methyl sites for hydroxylation is 1. The van der Waals surface area contributed by atoms with E-state index < -0.39 is 10.0 Å². The third kappa shape index (κ3) is 3.30. The summed E-state index contributed by atoms with van der Waals surface area (Å²) in [7, 11) is -3.61. The van der Waals surface area contributed by atoms with Gasteiger partial charge in [-0.2, -0.15) is 4.31 Å². The molecule has 0 bridgehead atoms. The standard InChI is InChI=1S/C12H15NO3S/c1-3-8-13(9-10-14)17(15,16)12-6-4-11(2)5-7-12/h1,4-7,14H,8-10H2,2H3. The first-order valence-corrected chi connectivity index (χ1v) is 6.57. The van der Waals surface area contributed by atoms with Gasteiger partial charge >= 0.3 is 0 Å². The Morgan fingerprint density at radius 1 is 1.35 bits per heavy atom. The number of terminal acetylenes is 1. The smallest absolute Gasteiger partial charge is 0.244 e. The van der Waals surface area contributed by atoms with Gasteiger partial charge in [0.25, 0.3) is 0 Å². The lowest BCUT2D eigenvalue weighted by Gasteiger charge is -2.18. The minimum Gasteiger partial charge on any atom is -0.395 e. The fourth-order valence-corrected chi connectivity index (χ4v) is 2.70. The Morgan fingerprint density at radius 2 is 1.94 bits per heavy atom. The molecule has 17 heavy (non-hydrogen) atoms. The van der Waals surface area contributed by atoms with Crippen molar-refractivity contribution in [2.45, 2.75) is 11.8 Å². The van der Waals surface area contributed by atoms with Crippen LogP contribution in [-0.2, 0) is 10.0 Å². The van der Waals surface area contributed by atoms with Crippen LogP contribution in [0, 0.1) is 19.3 Å². The van der Waals surface area contributed by atoms with Crippen LogP contribution in [0.5, 0.6) is 0 Å². The summed E-state index contributed by atoms with van der Waals surface area (Å²) < 4.78 is 25.4. The molecule has 0 saturated carbocycles. The Kier molecular flexibility index (Phi) is 4.70. The fourth-order valence-electron chi connectivity index (χ4n) is 1.36. The molecule has 0 spiro atoms. The van der Waals surface area contributed by atoms with Crippen LogP contribution in [0.2, 0.25) is 0 Å². The molecule has 0 aliphatic heterocycles. The van der Waals surface area contributed by atoms with Gasteiger partial charge in [0.05, 0.1) is 18.0 Å². The van der Waals surface area contributed by atoms with Gasteiger partial charge in [-0.15, -0.1) is 6.42 Å². The van der Waals surface area contributed by atoms with E-state index in [1.165, 1.54) is 12.1 Å². The highest BCUT2D eigenvalue weighted by molar-refractivity contribution is 7.89. The molecule has 0 radical (unpaired) electrons. The second-order valence-electron chi connectivity index (χ2n) is 3.58. The summed E-state index contributed by atoms with van der Waals surface area (Å²) in [5.41, 5.74) is 0.981. The Hall–Kier alpha value is -1.35. The largest absolute Gasteiger partial charge is 0.395 e. The first kappa shape index (κ1) is 13.7. The average molecular weight is 253 g/mol. The minimum atomic E-state index is -3.61. The zero-order valence-electron chi connectivity index (χ0n) is 9.63. The summed E-state index contributed by atoms with van der Waals surface area (Å²) in [5, 5.41) is 8.84. The van der Waals surface area contributed by atoms with Gasteiger partial charge in [0.2, 0.25) is 10.0 Å². The van der Waals surface area contributed by atoms with Crippen molar-refractivity contribution in [2.75, 3.05) is 19.7 Å². The summed E-state index contributed by atoms with van der Waals surface area (Å²) >= 11 is 0. The second kappa shape index (κ2) is 5.82. The summed E-state index contributed by atoms with van der Waals surface area (Å²) in [6, 6.07) is 6.51. The number of aliphatic hydroxyl groups is 1. The third-order valence-corrected chi connectivity index (χ3v) is 4.14. The van der Waals surface area contributed by atoms with Crippen LogP contribution >= 0.6 is 0 Å². The second-order valence-corrected chi connectivity index (χ2v) is 5.52. The zero-order valence-corrected chi connectivity index (χ0v) is 10.4. The molecule has 5 heteroatoms. The number of rotatable bonds is 5. The SMILES string of the molecule is C#CCN(CCO)S(=O)(=O)c1ccc(C)cc1. The predicted molar refractivity (Wildman–Crippen MR) is 65.9 cm³/mol. The molecule has 0 amide bonds. The molecule has 1 aromatic rings. The lowest BCUT2D eigenvalue weighted by Crippen LogP contribution is -2.33. The molecule has 0 aliphatic rings. The Labute approximate surface area is 102 Å². The molecular formula is C12H15NO3S. The molecule has 0 fully saturated rings. The van der Waals surface area contributed by atoms with E-state index in [-0.39, 0.29) is 24.6 Å². The van der Waals surface area contributed by atoms with Crippen LogP contribution in [-0.4, -0.2) is 37.5 Å². The topological polar surface area (TPSA) is 57.6 Å². The monoisotopic (exact) mass is 253 g/mol. The van der Waals surface area contributed by atoms with E-state index in [2.05, 4.69) is 5.92 Å². The summed E-state index contributed by atoms with van der Waals surface area (Å²) in [5.74, 6) is 2.28. The normalized spacial score (nSPS) is 11.4. The summed E-state index contributed by atoms with van der Waals surface area (Å²) in [4.78, 5) is 0.187. The van der Waals surface area contributed by atoms with E-state index in [0.717, 1.165) is 9.87 Å². The van der Waals surface area contributed by atoms with E-state index in [0.29, 0.717) is 0 Å². The van der Waals surface area contributed by atoms with Crippen molar-refractivity contribution >= 4 is 10.0 Å². The first-order valence-electron chi connectivity index (χ1n) is 5.13. The number of benzene rings is 1. The maximum absolute atomic E-state index is 12.1. The van der Waals surface area contributed by atoms with Gasteiger partial charge in [-0.05, 0) is 19.1 Å². The van der Waals surface area contributed by atoms with Crippen molar-refractivity contribution in [1.29, 1.82) is 0 Å². The molecule has 92 valence electrons. The highest BCUT2D eigenvalue weighted by Crippen LogP contribution is 2.15. The zero-order chi connectivity index (χ0) is 12.9. The lowest BCUT2D eigenvalue weighted by molar-refractivity contribution is 0.261. The van der Waals surface area contributed by atoms with E-state index in [1.54, 1.807) is 12.1 Å². The molecule has 1 aromatic carbocycles. The van der Waals surface area contributed by atoms with Crippen LogP contribution in [0.15, 0.2) is 29.2 Å². The molecule has 0 unspecified atom stereocenters. The van der Waals surface area contributed by atoms with E-state index in [9.17, 15) is 8.42 Å². The van der Waals surface area contributed by atoms with Gasteiger partial charge in [-0.25, -0.2) is 8.42 Å². The van der Waals surface area contributed by atoms with Crippen molar-refractivity contribution < 1.29 is 13.5 Å². The van der Waals surface area contributed by atoms with E-state index in [4.69, 9.17) is 11.5 Å².